The van der Waals surface area contributed by atoms with Crippen LogP contribution in [0.15, 0.2) is 30.3 Å². The Morgan fingerprint density at radius 3 is 1.97 bits per heavy atom. The Bertz CT molecular complexity index is 1100. The first-order valence-corrected chi connectivity index (χ1v) is 7.77. The summed E-state index contributed by atoms with van der Waals surface area (Å²) in [4.78, 5) is 12.6. The fourth-order valence-electron chi connectivity index (χ4n) is 2.64. The van der Waals surface area contributed by atoms with Gasteiger partial charge in [-0.25, -0.2) is 17.6 Å². The van der Waals surface area contributed by atoms with Crippen molar-refractivity contribution in [2.75, 3.05) is 0 Å². The third kappa shape index (κ3) is 3.96. The zero-order valence-corrected chi connectivity index (χ0v) is 18.0. The van der Waals surface area contributed by atoms with Crippen LogP contribution < -0.4 is 0 Å². The van der Waals surface area contributed by atoms with Gasteiger partial charge in [-0.15, -0.1) is 0 Å². The SMILES string of the molecule is Cc1nn(-c2c(F)c(F)cc(F)c2F)c(O)c1C(=O)c1ccc(C(F)(F)F)cc1.[Zn]. The summed E-state index contributed by atoms with van der Waals surface area (Å²) >= 11 is 0. The number of carbonyl (C=O) groups excluding carboxylic acids is 1. The molecule has 1 N–H and O–H groups in total. The van der Waals surface area contributed by atoms with E-state index in [2.05, 4.69) is 5.10 Å². The van der Waals surface area contributed by atoms with Crippen LogP contribution in [0.2, 0.25) is 0 Å². The predicted molar refractivity (Wildman–Crippen MR) is 84.7 cm³/mol. The molecule has 0 fully saturated rings. The van der Waals surface area contributed by atoms with Crippen molar-refractivity contribution < 1.29 is 60.1 Å². The number of aromatic nitrogens is 2. The van der Waals surface area contributed by atoms with E-state index >= 15 is 0 Å². The minimum atomic E-state index is -4.64. The number of aryl methyl sites for hydroxylation is 1. The zero-order chi connectivity index (χ0) is 21.7. The van der Waals surface area contributed by atoms with Crippen LogP contribution in [0.1, 0.15) is 27.2 Å². The molecule has 1 aromatic heterocycles. The van der Waals surface area contributed by atoms with Gasteiger partial charge >= 0.3 is 6.18 Å². The second-order valence-electron chi connectivity index (χ2n) is 5.92. The average molecular weight is 484 g/mol. The van der Waals surface area contributed by atoms with Gasteiger partial charge in [-0.1, -0.05) is 12.1 Å². The van der Waals surface area contributed by atoms with Crippen LogP contribution >= 0.6 is 0 Å². The molecule has 1 heterocycles. The molecule has 3 aromatic rings. The van der Waals surface area contributed by atoms with Crippen molar-refractivity contribution in [2.45, 2.75) is 13.1 Å². The predicted octanol–water partition coefficient (Wildman–Crippen LogP) is 4.69. The number of hydrogen-bond acceptors (Lipinski definition) is 3. The smallest absolute Gasteiger partial charge is 0.416 e. The van der Waals surface area contributed by atoms with Crippen LogP contribution in [0, 0.1) is 30.2 Å². The molecule has 3 rings (SSSR count). The zero-order valence-electron chi connectivity index (χ0n) is 15.0. The van der Waals surface area contributed by atoms with Crippen molar-refractivity contribution in [2.24, 2.45) is 0 Å². The second kappa shape index (κ2) is 8.18. The van der Waals surface area contributed by atoms with Gasteiger partial charge in [-0.3, -0.25) is 4.79 Å². The summed E-state index contributed by atoms with van der Waals surface area (Å²) in [5.41, 5.74) is -3.59. The van der Waals surface area contributed by atoms with Gasteiger partial charge in [0.2, 0.25) is 5.88 Å². The molecule has 0 amide bonds. The quantitative estimate of drug-likeness (QED) is 0.255. The Labute approximate surface area is 176 Å². The number of alkyl halides is 3. The summed E-state index contributed by atoms with van der Waals surface area (Å²) in [7, 11) is 0. The number of nitrogens with zero attached hydrogens (tertiary/aromatic N) is 2. The average Bonchev–Trinajstić information content (AvgIpc) is 2.93. The summed E-state index contributed by atoms with van der Waals surface area (Å²) in [5.74, 6) is -9.41. The third-order valence-corrected chi connectivity index (χ3v) is 4.04. The summed E-state index contributed by atoms with van der Waals surface area (Å²) < 4.78 is 92.8. The molecule has 0 aliphatic carbocycles. The fraction of sp³-hybridized carbons (Fsp3) is 0.111. The molecule has 154 valence electrons. The largest absolute Gasteiger partial charge is 0.493 e. The number of hydrogen-bond donors (Lipinski definition) is 1. The van der Waals surface area contributed by atoms with E-state index in [-0.39, 0.29) is 41.5 Å². The number of rotatable bonds is 3. The molecule has 0 radical (unpaired) electrons. The molecule has 30 heavy (non-hydrogen) atoms. The van der Waals surface area contributed by atoms with E-state index < -0.39 is 57.9 Å². The van der Waals surface area contributed by atoms with E-state index in [9.17, 15) is 40.6 Å². The van der Waals surface area contributed by atoms with Gasteiger partial charge in [-0.2, -0.15) is 23.0 Å². The van der Waals surface area contributed by atoms with Crippen molar-refractivity contribution in [3.05, 3.63) is 76.0 Å². The number of benzene rings is 2. The Hall–Kier alpha value is -2.75. The van der Waals surface area contributed by atoms with Crippen LogP contribution in [0.3, 0.4) is 0 Å². The molecule has 0 atom stereocenters. The van der Waals surface area contributed by atoms with Crippen LogP contribution in [0.4, 0.5) is 30.7 Å². The molecular formula is C18H9F7N2O2Zn. The van der Waals surface area contributed by atoms with Crippen molar-refractivity contribution in [1.82, 2.24) is 9.78 Å². The van der Waals surface area contributed by atoms with E-state index in [4.69, 9.17) is 0 Å². The van der Waals surface area contributed by atoms with Gasteiger partial charge in [-0.05, 0) is 19.1 Å². The number of carbonyl (C=O) groups is 1. The maximum Gasteiger partial charge on any atom is 0.416 e. The minimum absolute atomic E-state index is 0. The van der Waals surface area contributed by atoms with Gasteiger partial charge in [0, 0.05) is 31.1 Å². The standard InChI is InChI=1S/C18H9F7N2O2.Zn/c1-7-12(16(28)8-2-4-9(5-3-8)18(23,24)25)17(29)27(26-7)15-13(21)10(19)6-11(20)14(15)22;/h2-6,29H,1H3;. The number of aromatic hydroxyl groups is 1. The van der Waals surface area contributed by atoms with E-state index in [1.54, 1.807) is 0 Å². The monoisotopic (exact) mass is 482 g/mol. The Kier molecular flexibility index (Phi) is 6.41. The van der Waals surface area contributed by atoms with Crippen LogP contribution in [-0.4, -0.2) is 20.7 Å². The first-order valence-electron chi connectivity index (χ1n) is 7.77. The van der Waals surface area contributed by atoms with Crippen LogP contribution in [-0.2, 0) is 25.7 Å². The Morgan fingerprint density at radius 1 is 1.00 bits per heavy atom. The molecule has 0 aliphatic heterocycles. The van der Waals surface area contributed by atoms with Crippen LogP contribution in [0.25, 0.3) is 5.69 Å². The maximum atomic E-state index is 14.0. The molecule has 0 unspecified atom stereocenters. The molecule has 4 nitrogen and oxygen atoms in total. The van der Waals surface area contributed by atoms with Gasteiger partial charge in [0.25, 0.3) is 0 Å². The van der Waals surface area contributed by atoms with Gasteiger partial charge in [0.1, 0.15) is 11.3 Å². The maximum absolute atomic E-state index is 14.0. The molecule has 0 bridgehead atoms. The second-order valence-corrected chi connectivity index (χ2v) is 5.92. The van der Waals surface area contributed by atoms with Crippen molar-refractivity contribution in [1.29, 1.82) is 0 Å². The summed E-state index contributed by atoms with van der Waals surface area (Å²) in [6.45, 7) is 1.15. The Balaban J connectivity index is 0.00000320. The van der Waals surface area contributed by atoms with Gasteiger partial charge < -0.3 is 5.11 Å². The van der Waals surface area contributed by atoms with E-state index in [0.717, 1.165) is 19.1 Å². The summed E-state index contributed by atoms with van der Waals surface area (Å²) in [5, 5.41) is 13.8. The molecule has 0 aliphatic rings. The van der Waals surface area contributed by atoms with E-state index in [1.807, 2.05) is 0 Å². The minimum Gasteiger partial charge on any atom is -0.493 e. The van der Waals surface area contributed by atoms with Crippen molar-refractivity contribution >= 4 is 5.78 Å². The van der Waals surface area contributed by atoms with Crippen molar-refractivity contribution in [3.8, 4) is 11.6 Å². The first-order chi connectivity index (χ1) is 13.4. The molecular weight excluding hydrogens is 475 g/mol. The molecule has 2 aromatic carbocycles. The first kappa shape index (κ1) is 23.5. The third-order valence-electron chi connectivity index (χ3n) is 4.04. The Morgan fingerprint density at radius 2 is 1.50 bits per heavy atom. The molecule has 12 heteroatoms. The van der Waals surface area contributed by atoms with Gasteiger partial charge in [0.05, 0.1) is 11.3 Å². The summed E-state index contributed by atoms with van der Waals surface area (Å²) in [6.07, 6.45) is -4.64. The summed E-state index contributed by atoms with van der Waals surface area (Å²) in [6, 6.07) is 2.89. The molecule has 0 saturated heterocycles. The fourth-order valence-corrected chi connectivity index (χ4v) is 2.64. The normalized spacial score (nSPS) is 11.3. The van der Waals surface area contributed by atoms with E-state index in [0.29, 0.717) is 12.1 Å². The topological polar surface area (TPSA) is 55.1 Å². The number of ketones is 1. The van der Waals surface area contributed by atoms with Crippen molar-refractivity contribution in [3.63, 3.8) is 0 Å². The van der Waals surface area contributed by atoms with E-state index in [1.165, 1.54) is 0 Å². The molecule has 0 saturated carbocycles. The van der Waals surface area contributed by atoms with Gasteiger partial charge in [0.15, 0.2) is 29.1 Å². The molecule has 0 spiro atoms. The number of halogens is 7. The van der Waals surface area contributed by atoms with Crippen LogP contribution in [0.5, 0.6) is 5.88 Å².